The van der Waals surface area contributed by atoms with Crippen LogP contribution in [0.25, 0.3) is 17.3 Å². The van der Waals surface area contributed by atoms with Gasteiger partial charge in [0.05, 0.1) is 24.7 Å². The minimum atomic E-state index is -0.626. The molecule has 0 saturated carbocycles. The van der Waals surface area contributed by atoms with Crippen molar-refractivity contribution in [3.05, 3.63) is 53.2 Å². The molecule has 0 spiro atoms. The molecule has 0 aliphatic carbocycles. The summed E-state index contributed by atoms with van der Waals surface area (Å²) < 4.78 is 32.5. The van der Waals surface area contributed by atoms with Gasteiger partial charge in [-0.05, 0) is 82.1 Å². The fourth-order valence-corrected chi connectivity index (χ4v) is 6.87. The van der Waals surface area contributed by atoms with Gasteiger partial charge in [0.2, 0.25) is 0 Å². The van der Waals surface area contributed by atoms with Gasteiger partial charge in [0, 0.05) is 43.5 Å². The number of aryl methyl sites for hydroxylation is 1. The second-order valence-corrected chi connectivity index (χ2v) is 12.4. The highest BCUT2D eigenvalue weighted by Crippen LogP contribution is 2.32. The van der Waals surface area contributed by atoms with Gasteiger partial charge >= 0.3 is 0 Å². The van der Waals surface area contributed by atoms with E-state index < -0.39 is 6.10 Å². The first-order chi connectivity index (χ1) is 20.4. The van der Waals surface area contributed by atoms with Crippen molar-refractivity contribution in [2.45, 2.75) is 83.0 Å². The third kappa shape index (κ3) is 6.50. The van der Waals surface area contributed by atoms with Crippen molar-refractivity contribution >= 4 is 11.8 Å². The van der Waals surface area contributed by atoms with E-state index in [1.807, 2.05) is 32.1 Å². The van der Waals surface area contributed by atoms with E-state index in [9.17, 15) is 10.2 Å². The first-order valence-electron chi connectivity index (χ1n) is 15.6. The molecule has 0 radical (unpaired) electrons. The molecule has 5 heterocycles. The summed E-state index contributed by atoms with van der Waals surface area (Å²) in [5.41, 5.74) is 3.55. The number of hydrogen-bond donors (Lipinski definition) is 2. The number of benzene rings is 1. The summed E-state index contributed by atoms with van der Waals surface area (Å²) in [6.45, 7) is 8.33. The number of anilines is 1. The Balaban J connectivity index is 1.06. The SMILES string of the molecule is C/C(=C\c1nc(-c2ccc(N3CCC(CCC(O)N4CCCC4)CC3)cc2)c(F)cc1C)O[C@@H]1CO[C@H]2[C@@H]1OC[C@H]2O. The maximum atomic E-state index is 15.1. The predicted octanol–water partition coefficient (Wildman–Crippen LogP) is 4.51. The number of aromatic nitrogens is 1. The summed E-state index contributed by atoms with van der Waals surface area (Å²) in [7, 11) is 0. The molecule has 6 rings (SSSR count). The molecule has 4 aliphatic heterocycles. The van der Waals surface area contributed by atoms with Crippen LogP contribution in [0.2, 0.25) is 0 Å². The Morgan fingerprint density at radius 1 is 1.10 bits per heavy atom. The largest absolute Gasteiger partial charge is 0.490 e. The summed E-state index contributed by atoms with van der Waals surface area (Å²) >= 11 is 0. The van der Waals surface area contributed by atoms with E-state index in [2.05, 4.69) is 26.9 Å². The van der Waals surface area contributed by atoms with Crippen LogP contribution in [0.3, 0.4) is 0 Å². The molecule has 4 aliphatic rings. The van der Waals surface area contributed by atoms with Gasteiger partial charge in [0.1, 0.15) is 36.1 Å². The summed E-state index contributed by atoms with van der Waals surface area (Å²) in [5.74, 6) is 0.933. The zero-order chi connectivity index (χ0) is 29.2. The van der Waals surface area contributed by atoms with Crippen molar-refractivity contribution in [3.8, 4) is 11.3 Å². The average Bonchev–Trinajstić information content (AvgIpc) is 3.75. The topological polar surface area (TPSA) is 87.5 Å². The number of rotatable bonds is 9. The Hall–Kier alpha value is -2.56. The van der Waals surface area contributed by atoms with E-state index in [0.717, 1.165) is 68.7 Å². The number of aliphatic hydroxyl groups is 2. The third-order valence-electron chi connectivity index (χ3n) is 9.38. The second kappa shape index (κ2) is 13.0. The molecule has 1 aromatic heterocycles. The summed E-state index contributed by atoms with van der Waals surface area (Å²) in [6, 6.07) is 9.54. The van der Waals surface area contributed by atoms with Crippen molar-refractivity contribution in [2.24, 2.45) is 5.92 Å². The van der Waals surface area contributed by atoms with E-state index in [1.54, 1.807) is 0 Å². The highest BCUT2D eigenvalue weighted by molar-refractivity contribution is 5.66. The zero-order valence-corrected chi connectivity index (χ0v) is 24.8. The van der Waals surface area contributed by atoms with E-state index in [4.69, 9.17) is 14.2 Å². The molecule has 2 N–H and O–H groups in total. The van der Waals surface area contributed by atoms with Gasteiger partial charge in [-0.1, -0.05) is 12.1 Å². The van der Waals surface area contributed by atoms with Gasteiger partial charge in [0.15, 0.2) is 6.10 Å². The van der Waals surface area contributed by atoms with E-state index in [0.29, 0.717) is 29.7 Å². The quantitative estimate of drug-likeness (QED) is 0.419. The van der Waals surface area contributed by atoms with Crippen molar-refractivity contribution in [3.63, 3.8) is 0 Å². The van der Waals surface area contributed by atoms with Crippen molar-refractivity contribution in [2.75, 3.05) is 44.3 Å². The second-order valence-electron chi connectivity index (χ2n) is 12.4. The Bertz CT molecular complexity index is 1240. The monoisotopic (exact) mass is 581 g/mol. The predicted molar refractivity (Wildman–Crippen MR) is 159 cm³/mol. The van der Waals surface area contributed by atoms with E-state index >= 15 is 4.39 Å². The molecular formula is C33H44FN3O5. The number of hydrogen-bond acceptors (Lipinski definition) is 8. The minimum absolute atomic E-state index is 0.251. The van der Waals surface area contributed by atoms with Crippen LogP contribution >= 0.6 is 0 Å². The molecular weight excluding hydrogens is 537 g/mol. The number of nitrogens with zero attached hydrogens (tertiary/aromatic N) is 3. The Kier molecular flexibility index (Phi) is 9.12. The van der Waals surface area contributed by atoms with E-state index in [-0.39, 0.29) is 37.0 Å². The average molecular weight is 582 g/mol. The first-order valence-corrected chi connectivity index (χ1v) is 15.6. The van der Waals surface area contributed by atoms with Crippen LogP contribution in [0.5, 0.6) is 0 Å². The molecule has 1 aromatic carbocycles. The lowest BCUT2D eigenvalue weighted by molar-refractivity contribution is -0.0103. The fourth-order valence-electron chi connectivity index (χ4n) is 6.87. The van der Waals surface area contributed by atoms with Gasteiger partial charge in [-0.3, -0.25) is 4.90 Å². The number of halogens is 1. The molecule has 0 bridgehead atoms. The molecule has 1 unspecified atom stereocenters. The molecule has 9 heteroatoms. The van der Waals surface area contributed by atoms with Crippen molar-refractivity contribution < 1.29 is 28.8 Å². The van der Waals surface area contributed by atoms with Crippen LogP contribution < -0.4 is 4.90 Å². The first kappa shape index (κ1) is 29.5. The van der Waals surface area contributed by atoms with Crippen LogP contribution in [0.4, 0.5) is 10.1 Å². The smallest absolute Gasteiger partial charge is 0.150 e. The van der Waals surface area contributed by atoms with Crippen molar-refractivity contribution in [1.82, 2.24) is 9.88 Å². The number of piperidine rings is 1. The van der Waals surface area contributed by atoms with Gasteiger partial charge in [-0.15, -0.1) is 0 Å². The number of likely N-dealkylation sites (tertiary alicyclic amines) is 1. The molecule has 8 nitrogen and oxygen atoms in total. The molecule has 5 atom stereocenters. The Morgan fingerprint density at radius 3 is 2.55 bits per heavy atom. The fraction of sp³-hybridized carbons (Fsp3) is 0.606. The van der Waals surface area contributed by atoms with Gasteiger partial charge < -0.3 is 29.3 Å². The molecule has 4 fully saturated rings. The van der Waals surface area contributed by atoms with Gasteiger partial charge in [-0.2, -0.15) is 0 Å². The molecule has 2 aromatic rings. The summed E-state index contributed by atoms with van der Waals surface area (Å²) in [6.07, 6.45) is 6.56. The molecule has 42 heavy (non-hydrogen) atoms. The molecule has 0 amide bonds. The van der Waals surface area contributed by atoms with Crippen molar-refractivity contribution in [1.29, 1.82) is 0 Å². The van der Waals surface area contributed by atoms with Crippen LogP contribution in [0.15, 0.2) is 36.1 Å². The lowest BCUT2D eigenvalue weighted by Crippen LogP contribution is -2.35. The molecule has 4 saturated heterocycles. The van der Waals surface area contributed by atoms with Crippen LogP contribution in [-0.4, -0.2) is 90.1 Å². The number of ether oxygens (including phenoxy) is 3. The summed E-state index contributed by atoms with van der Waals surface area (Å²) in [4.78, 5) is 9.29. The Morgan fingerprint density at radius 2 is 1.81 bits per heavy atom. The molecule has 228 valence electrons. The van der Waals surface area contributed by atoms with Crippen LogP contribution in [0.1, 0.15) is 56.7 Å². The number of aliphatic hydroxyl groups excluding tert-OH is 2. The van der Waals surface area contributed by atoms with Gasteiger partial charge in [0.25, 0.3) is 0 Å². The number of pyridine rings is 1. The van der Waals surface area contributed by atoms with Crippen LogP contribution in [0, 0.1) is 18.7 Å². The maximum absolute atomic E-state index is 15.1. The highest BCUT2D eigenvalue weighted by atomic mass is 19.1. The Labute approximate surface area is 248 Å². The lowest BCUT2D eigenvalue weighted by atomic mass is 9.91. The number of fused-ring (bicyclic) bond motifs is 1. The van der Waals surface area contributed by atoms with Crippen LogP contribution in [-0.2, 0) is 14.2 Å². The minimum Gasteiger partial charge on any atom is -0.490 e. The zero-order valence-electron chi connectivity index (χ0n) is 24.8. The summed E-state index contributed by atoms with van der Waals surface area (Å²) in [5, 5.41) is 20.5. The third-order valence-corrected chi connectivity index (χ3v) is 9.38. The normalized spacial score (nSPS) is 27.9. The number of allylic oxidation sites excluding steroid dienone is 1. The lowest BCUT2D eigenvalue weighted by Gasteiger charge is -2.34. The standard InChI is InChI=1S/C33H44FN3O5/c1-21-17-26(34)31(35-27(21)18-22(2)42-29-20-41-32-28(38)19-40-33(29)32)24-6-8-25(9-7-24)36-15-11-23(12-16-36)5-10-30(39)37-13-3-4-14-37/h6-9,17-18,23,28-30,32-33,38-39H,3-5,10-16,19-20H2,1-2H3/b22-18+/t28-,29-,30?,32-,33-/m1/s1. The maximum Gasteiger partial charge on any atom is 0.150 e. The van der Waals surface area contributed by atoms with E-state index in [1.165, 1.54) is 18.9 Å². The highest BCUT2D eigenvalue weighted by Gasteiger charge is 2.48. The van der Waals surface area contributed by atoms with Gasteiger partial charge in [-0.25, -0.2) is 9.37 Å².